The van der Waals surface area contributed by atoms with Crippen molar-refractivity contribution >= 4 is 27.7 Å². The number of anilines is 1. The number of amides is 1. The summed E-state index contributed by atoms with van der Waals surface area (Å²) in [6.45, 7) is 0.562. The molecule has 0 unspecified atom stereocenters. The second-order valence-corrected chi connectivity index (χ2v) is 9.09. The Morgan fingerprint density at radius 1 is 1.07 bits per heavy atom. The minimum absolute atomic E-state index is 0.0412. The number of carbonyl (C=O) groups excluding carboxylic acids is 1. The molecule has 1 amide bonds. The van der Waals surface area contributed by atoms with Crippen molar-refractivity contribution in [3.8, 4) is 0 Å². The van der Waals surface area contributed by atoms with E-state index < -0.39 is 10.0 Å². The maximum atomic E-state index is 12.7. The van der Waals surface area contributed by atoms with Crippen LogP contribution < -0.4 is 9.62 Å². The topological polar surface area (TPSA) is 66.5 Å². The lowest BCUT2D eigenvalue weighted by molar-refractivity contribution is -0.114. The number of hydrogen-bond acceptors (Lipinski definition) is 3. The molecule has 0 atom stereocenters. The maximum Gasteiger partial charge on any atom is 0.251 e. The third-order valence-corrected chi connectivity index (χ3v) is 6.94. The van der Waals surface area contributed by atoms with Crippen molar-refractivity contribution in [2.75, 3.05) is 11.4 Å². The molecule has 4 rings (SSSR count). The summed E-state index contributed by atoms with van der Waals surface area (Å²) in [7, 11) is -3.52. The van der Waals surface area contributed by atoms with Crippen LogP contribution >= 0.6 is 0 Å². The highest BCUT2D eigenvalue weighted by molar-refractivity contribution is 7.89. The van der Waals surface area contributed by atoms with Gasteiger partial charge in [0.25, 0.3) is 5.91 Å². The Kier molecular flexibility index (Phi) is 5.33. The quantitative estimate of drug-likeness (QED) is 0.787. The smallest absolute Gasteiger partial charge is 0.251 e. The van der Waals surface area contributed by atoms with Crippen LogP contribution in [0.5, 0.6) is 0 Å². The first kappa shape index (κ1) is 18.9. The number of carbonyl (C=O) groups is 1. The Morgan fingerprint density at radius 3 is 2.57 bits per heavy atom. The highest BCUT2D eigenvalue weighted by atomic mass is 32.2. The number of benzene rings is 2. The minimum Gasteiger partial charge on any atom is -0.308 e. The largest absolute Gasteiger partial charge is 0.308 e. The summed E-state index contributed by atoms with van der Waals surface area (Å²) in [6, 6.07) is 14.8. The summed E-state index contributed by atoms with van der Waals surface area (Å²) in [5, 5.41) is 0. The van der Waals surface area contributed by atoms with Gasteiger partial charge in [-0.1, -0.05) is 43.2 Å². The lowest BCUT2D eigenvalue weighted by Crippen LogP contribution is -2.32. The van der Waals surface area contributed by atoms with Gasteiger partial charge in [-0.25, -0.2) is 13.1 Å². The molecular weight excluding hydrogens is 372 g/mol. The van der Waals surface area contributed by atoms with Crippen molar-refractivity contribution in [3.05, 3.63) is 65.7 Å². The SMILES string of the molecule is O=C(/C=C/c1ccccc1)N1CCc2cc(S(=O)(=O)NC3CCCC3)ccc21. The van der Waals surface area contributed by atoms with Gasteiger partial charge in [-0.3, -0.25) is 4.79 Å². The molecule has 5 nitrogen and oxygen atoms in total. The Balaban J connectivity index is 1.50. The van der Waals surface area contributed by atoms with Crippen molar-refractivity contribution in [2.24, 2.45) is 0 Å². The fourth-order valence-electron chi connectivity index (χ4n) is 3.93. The molecule has 2 aliphatic rings. The Morgan fingerprint density at radius 2 is 1.82 bits per heavy atom. The average Bonchev–Trinajstić information content (AvgIpc) is 3.35. The van der Waals surface area contributed by atoms with E-state index in [-0.39, 0.29) is 16.8 Å². The number of nitrogens with one attached hydrogen (secondary N) is 1. The lowest BCUT2D eigenvalue weighted by atomic mass is 10.2. The third kappa shape index (κ3) is 4.03. The number of hydrogen-bond donors (Lipinski definition) is 1. The molecule has 1 aliphatic heterocycles. The van der Waals surface area contributed by atoms with E-state index in [4.69, 9.17) is 0 Å². The summed E-state index contributed by atoms with van der Waals surface area (Å²) < 4.78 is 28.1. The molecular formula is C22H24N2O3S. The molecule has 0 aromatic heterocycles. The zero-order valence-electron chi connectivity index (χ0n) is 15.7. The zero-order valence-corrected chi connectivity index (χ0v) is 16.5. The van der Waals surface area contributed by atoms with Gasteiger partial charge in [-0.15, -0.1) is 0 Å². The summed E-state index contributed by atoms with van der Waals surface area (Å²) in [5.41, 5.74) is 2.66. The second kappa shape index (κ2) is 7.89. The van der Waals surface area contributed by atoms with Gasteiger partial charge in [0.1, 0.15) is 0 Å². The van der Waals surface area contributed by atoms with Crippen molar-refractivity contribution in [1.82, 2.24) is 4.72 Å². The van der Waals surface area contributed by atoms with E-state index in [1.807, 2.05) is 30.3 Å². The first-order valence-corrected chi connectivity index (χ1v) is 11.2. The van der Waals surface area contributed by atoms with Crippen LogP contribution in [0.1, 0.15) is 36.8 Å². The molecule has 6 heteroatoms. The van der Waals surface area contributed by atoms with Crippen LogP contribution in [-0.2, 0) is 21.2 Å². The monoisotopic (exact) mass is 396 g/mol. The molecule has 2 aromatic rings. The molecule has 0 saturated heterocycles. The van der Waals surface area contributed by atoms with Crippen LogP contribution in [0.2, 0.25) is 0 Å². The van der Waals surface area contributed by atoms with Crippen LogP contribution in [0.4, 0.5) is 5.69 Å². The van der Waals surface area contributed by atoms with E-state index in [9.17, 15) is 13.2 Å². The van der Waals surface area contributed by atoms with E-state index in [0.717, 1.165) is 42.5 Å². The highest BCUT2D eigenvalue weighted by Crippen LogP contribution is 2.31. The predicted octanol–water partition coefficient (Wildman–Crippen LogP) is 3.51. The highest BCUT2D eigenvalue weighted by Gasteiger charge is 2.27. The molecule has 2 aromatic carbocycles. The predicted molar refractivity (Wildman–Crippen MR) is 111 cm³/mol. The van der Waals surface area contributed by atoms with Crippen LogP contribution in [0.3, 0.4) is 0 Å². The summed E-state index contributed by atoms with van der Waals surface area (Å²) in [4.78, 5) is 14.6. The van der Waals surface area contributed by atoms with Crippen LogP contribution in [0.25, 0.3) is 6.08 Å². The summed E-state index contributed by atoms with van der Waals surface area (Å²) in [6.07, 6.45) is 7.98. The molecule has 0 radical (unpaired) electrons. The first-order valence-electron chi connectivity index (χ1n) is 9.73. The molecule has 1 fully saturated rings. The Labute approximate surface area is 166 Å². The molecule has 146 valence electrons. The average molecular weight is 397 g/mol. The van der Waals surface area contributed by atoms with Gasteiger partial charge in [0.05, 0.1) is 4.90 Å². The molecule has 1 heterocycles. The third-order valence-electron chi connectivity index (χ3n) is 5.42. The van der Waals surface area contributed by atoms with Gasteiger partial charge in [0, 0.05) is 24.4 Å². The van der Waals surface area contributed by atoms with Crippen LogP contribution in [0, 0.1) is 0 Å². The Hall–Kier alpha value is -2.44. The van der Waals surface area contributed by atoms with Crippen LogP contribution in [-0.4, -0.2) is 26.9 Å². The van der Waals surface area contributed by atoms with E-state index in [0.29, 0.717) is 13.0 Å². The van der Waals surface area contributed by atoms with Gasteiger partial charge in [0.2, 0.25) is 10.0 Å². The number of fused-ring (bicyclic) bond motifs is 1. The van der Waals surface area contributed by atoms with Crippen molar-refractivity contribution in [3.63, 3.8) is 0 Å². The van der Waals surface area contributed by atoms with Gasteiger partial charge >= 0.3 is 0 Å². The normalized spacial score (nSPS) is 17.4. The summed E-state index contributed by atoms with van der Waals surface area (Å²) in [5.74, 6) is -0.0951. The van der Waals surface area contributed by atoms with E-state index >= 15 is 0 Å². The number of nitrogens with zero attached hydrogens (tertiary/aromatic N) is 1. The number of rotatable bonds is 5. The summed E-state index contributed by atoms with van der Waals surface area (Å²) >= 11 is 0. The van der Waals surface area contributed by atoms with E-state index in [1.54, 1.807) is 35.3 Å². The molecule has 28 heavy (non-hydrogen) atoms. The fraction of sp³-hybridized carbons (Fsp3) is 0.318. The van der Waals surface area contributed by atoms with Crippen molar-refractivity contribution in [2.45, 2.75) is 43.0 Å². The van der Waals surface area contributed by atoms with Crippen LogP contribution in [0.15, 0.2) is 59.5 Å². The number of sulfonamides is 1. The van der Waals surface area contributed by atoms with Gasteiger partial charge < -0.3 is 4.90 Å². The second-order valence-electron chi connectivity index (χ2n) is 7.38. The fourth-order valence-corrected chi connectivity index (χ4v) is 5.28. The Bertz CT molecular complexity index is 994. The first-order chi connectivity index (χ1) is 13.5. The van der Waals surface area contributed by atoms with Gasteiger partial charge in [-0.05, 0) is 54.7 Å². The molecule has 1 aliphatic carbocycles. The van der Waals surface area contributed by atoms with E-state index in [2.05, 4.69) is 4.72 Å². The van der Waals surface area contributed by atoms with Crippen molar-refractivity contribution in [1.29, 1.82) is 0 Å². The van der Waals surface area contributed by atoms with E-state index in [1.165, 1.54) is 0 Å². The molecule has 1 N–H and O–H groups in total. The molecule has 0 bridgehead atoms. The minimum atomic E-state index is -3.52. The van der Waals surface area contributed by atoms with Gasteiger partial charge in [0.15, 0.2) is 0 Å². The zero-order chi connectivity index (χ0) is 19.6. The maximum absolute atomic E-state index is 12.7. The standard InChI is InChI=1S/C22H24N2O3S/c25-22(13-10-17-6-2-1-3-7-17)24-15-14-18-16-20(11-12-21(18)24)28(26,27)23-19-8-4-5-9-19/h1-3,6-7,10-13,16,19,23H,4-5,8-9,14-15H2/b13-10+. The lowest BCUT2D eigenvalue weighted by Gasteiger charge is -2.16. The molecule has 0 spiro atoms. The van der Waals surface area contributed by atoms with Gasteiger partial charge in [-0.2, -0.15) is 0 Å². The van der Waals surface area contributed by atoms with Crippen molar-refractivity contribution < 1.29 is 13.2 Å². The molecule has 1 saturated carbocycles.